The maximum Gasteiger partial charge on any atom is 0.325 e. The minimum atomic E-state index is -1.44. The van der Waals surface area contributed by atoms with Crippen LogP contribution < -0.4 is 21.7 Å². The van der Waals surface area contributed by atoms with Crippen molar-refractivity contribution in [3.8, 4) is 0 Å². The number of amides is 3. The fourth-order valence-electron chi connectivity index (χ4n) is 2.36. The summed E-state index contributed by atoms with van der Waals surface area (Å²) in [5.74, 6) is -4.59. The first-order valence-corrected chi connectivity index (χ1v) is 10.9. The standard InChI is InChI=1S/C18H32N4O7S/c1-5-9(2)14(17(27)20-10(3)18(28)29)22-16(26)12(8-13(23)24)21-15(25)11(19)6-7-30-4/h9-12,14H,5-8,19H2,1-4H3,(H,20,27)(H,21,25)(H,22,26)(H,23,24)(H,28,29). The van der Waals surface area contributed by atoms with E-state index in [0.29, 0.717) is 18.6 Å². The van der Waals surface area contributed by atoms with Crippen LogP contribution in [0.4, 0.5) is 0 Å². The van der Waals surface area contributed by atoms with Crippen LogP contribution in [-0.2, 0) is 24.0 Å². The minimum Gasteiger partial charge on any atom is -0.481 e. The van der Waals surface area contributed by atoms with Gasteiger partial charge < -0.3 is 31.9 Å². The summed E-state index contributed by atoms with van der Waals surface area (Å²) in [6.45, 7) is 4.73. The predicted octanol–water partition coefficient (Wildman–Crippen LogP) is -0.853. The van der Waals surface area contributed by atoms with Crippen LogP contribution in [0.5, 0.6) is 0 Å². The van der Waals surface area contributed by atoms with Crippen molar-refractivity contribution < 1.29 is 34.2 Å². The van der Waals surface area contributed by atoms with Crippen molar-refractivity contribution in [1.29, 1.82) is 0 Å². The Bertz CT molecular complexity index is 632. The van der Waals surface area contributed by atoms with E-state index in [2.05, 4.69) is 16.0 Å². The minimum absolute atomic E-state index is 0.347. The van der Waals surface area contributed by atoms with Gasteiger partial charge in [-0.05, 0) is 31.3 Å². The Kier molecular flexibility index (Phi) is 12.7. The van der Waals surface area contributed by atoms with Gasteiger partial charge in [-0.2, -0.15) is 11.8 Å². The number of hydrogen-bond acceptors (Lipinski definition) is 7. The summed E-state index contributed by atoms with van der Waals surface area (Å²) < 4.78 is 0. The van der Waals surface area contributed by atoms with Crippen LogP contribution in [-0.4, -0.2) is 76.0 Å². The summed E-state index contributed by atoms with van der Waals surface area (Å²) in [5.41, 5.74) is 5.76. The highest BCUT2D eigenvalue weighted by atomic mass is 32.2. The molecule has 0 rings (SSSR count). The number of nitrogens with one attached hydrogen (secondary N) is 3. The zero-order valence-corrected chi connectivity index (χ0v) is 18.5. The number of nitrogens with two attached hydrogens (primary N) is 1. The summed E-state index contributed by atoms with van der Waals surface area (Å²) in [6.07, 6.45) is 1.97. The SMILES string of the molecule is CCC(C)C(NC(=O)C(CC(=O)O)NC(=O)C(N)CCSC)C(=O)NC(C)C(=O)O. The van der Waals surface area contributed by atoms with E-state index in [9.17, 15) is 24.0 Å². The maximum atomic E-state index is 12.7. The average Bonchev–Trinajstić information content (AvgIpc) is 2.67. The molecular weight excluding hydrogens is 416 g/mol. The van der Waals surface area contributed by atoms with Crippen molar-refractivity contribution in [3.63, 3.8) is 0 Å². The number of rotatable bonds is 14. The lowest BCUT2D eigenvalue weighted by atomic mass is 9.97. The molecule has 0 heterocycles. The molecule has 30 heavy (non-hydrogen) atoms. The molecule has 5 atom stereocenters. The van der Waals surface area contributed by atoms with Gasteiger partial charge in [0.2, 0.25) is 17.7 Å². The third-order valence-corrected chi connectivity index (χ3v) is 5.15. The Balaban J connectivity index is 5.37. The Hall–Kier alpha value is -2.34. The highest BCUT2D eigenvalue weighted by Crippen LogP contribution is 2.10. The Labute approximate surface area is 179 Å². The number of carboxylic acid groups (broad SMARTS) is 2. The summed E-state index contributed by atoms with van der Waals surface area (Å²) in [5, 5.41) is 25.1. The quantitative estimate of drug-likeness (QED) is 0.197. The van der Waals surface area contributed by atoms with Gasteiger partial charge in [-0.15, -0.1) is 0 Å². The highest BCUT2D eigenvalue weighted by molar-refractivity contribution is 7.98. The number of thioether (sulfide) groups is 1. The van der Waals surface area contributed by atoms with Crippen molar-refractivity contribution in [2.75, 3.05) is 12.0 Å². The van der Waals surface area contributed by atoms with Gasteiger partial charge in [0.15, 0.2) is 0 Å². The molecule has 0 aliphatic carbocycles. The van der Waals surface area contributed by atoms with Crippen LogP contribution in [0.25, 0.3) is 0 Å². The van der Waals surface area contributed by atoms with Crippen molar-refractivity contribution in [1.82, 2.24) is 16.0 Å². The van der Waals surface area contributed by atoms with Gasteiger partial charge >= 0.3 is 11.9 Å². The number of aliphatic carboxylic acids is 2. The predicted molar refractivity (Wildman–Crippen MR) is 112 cm³/mol. The van der Waals surface area contributed by atoms with Crippen LogP contribution in [0, 0.1) is 5.92 Å². The van der Waals surface area contributed by atoms with Crippen LogP contribution >= 0.6 is 11.8 Å². The molecule has 0 aliphatic heterocycles. The van der Waals surface area contributed by atoms with Gasteiger partial charge in [0.05, 0.1) is 12.5 Å². The molecule has 12 heteroatoms. The van der Waals surface area contributed by atoms with Crippen molar-refractivity contribution in [2.24, 2.45) is 11.7 Å². The summed E-state index contributed by atoms with van der Waals surface area (Å²) in [6, 6.07) is -4.63. The maximum absolute atomic E-state index is 12.7. The molecule has 0 spiro atoms. The Morgan fingerprint density at radius 3 is 2.03 bits per heavy atom. The lowest BCUT2D eigenvalue weighted by Gasteiger charge is -2.27. The van der Waals surface area contributed by atoms with Crippen molar-refractivity contribution in [3.05, 3.63) is 0 Å². The number of carbonyl (C=O) groups is 5. The van der Waals surface area contributed by atoms with Crippen LogP contribution in [0.15, 0.2) is 0 Å². The third kappa shape index (κ3) is 9.92. The fourth-order valence-corrected chi connectivity index (χ4v) is 2.85. The second kappa shape index (κ2) is 13.8. The molecule has 3 amide bonds. The van der Waals surface area contributed by atoms with Gasteiger partial charge in [0, 0.05) is 0 Å². The van der Waals surface area contributed by atoms with E-state index in [-0.39, 0.29) is 5.92 Å². The molecule has 5 unspecified atom stereocenters. The molecule has 0 aromatic rings. The summed E-state index contributed by atoms with van der Waals surface area (Å²) in [7, 11) is 0. The molecule has 0 aromatic heterocycles. The van der Waals surface area contributed by atoms with Crippen LogP contribution in [0.2, 0.25) is 0 Å². The normalized spacial score (nSPS) is 15.8. The van der Waals surface area contributed by atoms with E-state index in [1.165, 1.54) is 18.7 Å². The van der Waals surface area contributed by atoms with Gasteiger partial charge in [0.25, 0.3) is 0 Å². The molecule has 11 nitrogen and oxygen atoms in total. The van der Waals surface area contributed by atoms with Crippen molar-refractivity contribution >= 4 is 41.4 Å². The topological polar surface area (TPSA) is 188 Å². The smallest absolute Gasteiger partial charge is 0.325 e. The molecule has 0 fully saturated rings. The van der Waals surface area contributed by atoms with Crippen molar-refractivity contribution in [2.45, 2.75) is 64.2 Å². The Morgan fingerprint density at radius 1 is 0.967 bits per heavy atom. The molecule has 0 aromatic carbocycles. The first-order valence-electron chi connectivity index (χ1n) is 9.54. The fraction of sp³-hybridized carbons (Fsp3) is 0.722. The van der Waals surface area contributed by atoms with E-state index < -0.39 is 60.2 Å². The van der Waals surface area contributed by atoms with E-state index in [1.54, 1.807) is 13.8 Å². The molecule has 0 saturated carbocycles. The number of carboxylic acids is 2. The zero-order valence-electron chi connectivity index (χ0n) is 17.6. The molecule has 0 bridgehead atoms. The molecule has 0 aliphatic rings. The monoisotopic (exact) mass is 448 g/mol. The number of carbonyl (C=O) groups excluding carboxylic acids is 3. The average molecular weight is 449 g/mol. The van der Waals surface area contributed by atoms with Gasteiger partial charge in [-0.1, -0.05) is 20.3 Å². The van der Waals surface area contributed by atoms with E-state index in [0.717, 1.165) is 0 Å². The van der Waals surface area contributed by atoms with E-state index in [1.807, 2.05) is 6.26 Å². The van der Waals surface area contributed by atoms with E-state index in [4.69, 9.17) is 15.9 Å². The molecular formula is C18H32N4O7S. The lowest BCUT2D eigenvalue weighted by Crippen LogP contribution is -2.58. The largest absolute Gasteiger partial charge is 0.481 e. The molecule has 7 N–H and O–H groups in total. The van der Waals surface area contributed by atoms with Gasteiger partial charge in [0.1, 0.15) is 18.1 Å². The third-order valence-electron chi connectivity index (χ3n) is 4.50. The Morgan fingerprint density at radius 2 is 1.57 bits per heavy atom. The molecule has 0 radical (unpaired) electrons. The van der Waals surface area contributed by atoms with Crippen LogP contribution in [0.1, 0.15) is 40.0 Å². The first kappa shape index (κ1) is 27.7. The zero-order chi connectivity index (χ0) is 23.4. The number of hydrogen-bond donors (Lipinski definition) is 6. The highest BCUT2D eigenvalue weighted by Gasteiger charge is 2.32. The van der Waals surface area contributed by atoms with Crippen LogP contribution in [0.3, 0.4) is 0 Å². The second-order valence-corrected chi connectivity index (χ2v) is 7.97. The van der Waals surface area contributed by atoms with E-state index >= 15 is 0 Å². The first-order chi connectivity index (χ1) is 13.9. The van der Waals surface area contributed by atoms with Gasteiger partial charge in [-0.3, -0.25) is 24.0 Å². The summed E-state index contributed by atoms with van der Waals surface area (Å²) in [4.78, 5) is 59.5. The lowest BCUT2D eigenvalue weighted by molar-refractivity contribution is -0.143. The molecule has 172 valence electrons. The summed E-state index contributed by atoms with van der Waals surface area (Å²) >= 11 is 1.49. The molecule has 0 saturated heterocycles. The van der Waals surface area contributed by atoms with Gasteiger partial charge in [-0.25, -0.2) is 0 Å². The second-order valence-electron chi connectivity index (χ2n) is 6.99.